The quantitative estimate of drug-likeness (QED) is 0.105. The summed E-state index contributed by atoms with van der Waals surface area (Å²) in [5, 5.41) is 9.37. The first-order chi connectivity index (χ1) is 17.7. The lowest BCUT2D eigenvalue weighted by atomic mass is 9.80. The summed E-state index contributed by atoms with van der Waals surface area (Å²) in [7, 11) is -0.0478. The van der Waals surface area contributed by atoms with E-state index in [0.29, 0.717) is 26.9 Å². The maximum absolute atomic E-state index is 13.7. The summed E-state index contributed by atoms with van der Waals surface area (Å²) >= 11 is 7.44. The highest BCUT2D eigenvalue weighted by Crippen LogP contribution is 2.52. The lowest BCUT2D eigenvalue weighted by Gasteiger charge is -2.48. The number of rotatable bonds is 8. The van der Waals surface area contributed by atoms with Crippen LogP contribution in [0, 0.1) is 17.4 Å². The van der Waals surface area contributed by atoms with E-state index in [0.717, 1.165) is 5.56 Å². The van der Waals surface area contributed by atoms with Crippen LogP contribution in [0.5, 0.6) is 5.75 Å². The Morgan fingerprint density at radius 1 is 1.11 bits per heavy atom. The van der Waals surface area contributed by atoms with Gasteiger partial charge in [0.25, 0.3) is 5.79 Å². The van der Waals surface area contributed by atoms with Crippen LogP contribution in [0.2, 0.25) is 19.6 Å². The minimum atomic E-state index is -1.57. The van der Waals surface area contributed by atoms with Crippen molar-refractivity contribution in [2.45, 2.75) is 50.0 Å². The van der Waals surface area contributed by atoms with Crippen molar-refractivity contribution in [1.29, 1.82) is 0 Å². The number of aliphatic carboxylic acids is 1. The highest BCUT2D eigenvalue weighted by molar-refractivity contribution is 9.12. The van der Waals surface area contributed by atoms with E-state index in [4.69, 9.17) is 9.47 Å². The fourth-order valence-corrected chi connectivity index (χ4v) is 6.55. The molecular weight excluding hydrogens is 628 g/mol. The molecule has 0 spiro atoms. The smallest absolute Gasteiger partial charge is 0.307 e. The van der Waals surface area contributed by atoms with Crippen molar-refractivity contribution in [2.24, 2.45) is 5.92 Å². The van der Waals surface area contributed by atoms with Gasteiger partial charge in [-0.15, -0.1) is 5.54 Å². The monoisotopic (exact) mass is 658 g/mol. The molecule has 8 heteroatoms. The molecule has 200 valence electrons. The van der Waals surface area contributed by atoms with Gasteiger partial charge in [-0.05, 0) is 57.8 Å². The topological polar surface area (TPSA) is 72.8 Å². The zero-order valence-electron chi connectivity index (χ0n) is 22.4. The molecule has 0 bridgehead atoms. The second-order valence-electron chi connectivity index (χ2n) is 10.5. The molecule has 2 aromatic carbocycles. The Bertz CT molecular complexity index is 1360. The van der Waals surface area contributed by atoms with Gasteiger partial charge in [0.05, 0.1) is 16.5 Å². The highest BCUT2D eigenvalue weighted by Gasteiger charge is 2.58. The first kappa shape index (κ1) is 30.1. The Labute approximate surface area is 242 Å². The molecule has 0 radical (unpaired) electrons. The van der Waals surface area contributed by atoms with Crippen molar-refractivity contribution in [1.82, 2.24) is 0 Å². The third kappa shape index (κ3) is 6.40. The lowest BCUT2D eigenvalue weighted by Crippen LogP contribution is -2.59. The van der Waals surface area contributed by atoms with Crippen LogP contribution in [0.4, 0.5) is 0 Å². The fraction of sp³-hybridized carbons (Fsp3) is 0.333. The fourth-order valence-electron chi connectivity index (χ4n) is 4.14. The lowest BCUT2D eigenvalue weighted by molar-refractivity contribution is -0.150. The summed E-state index contributed by atoms with van der Waals surface area (Å²) in [6, 6.07) is 14.3. The SMILES string of the molecule is COC1(Oc2ccccc2C(=O)c2cccc(C#C[Si](C)(C)C)c2)C(Br)=CC(CC(=O)O)=CC1(Br)C(C)C. The van der Waals surface area contributed by atoms with Crippen molar-refractivity contribution >= 4 is 51.7 Å². The highest BCUT2D eigenvalue weighted by atomic mass is 79.9. The molecule has 2 atom stereocenters. The van der Waals surface area contributed by atoms with E-state index in [-0.39, 0.29) is 18.1 Å². The molecule has 2 aromatic rings. The van der Waals surface area contributed by atoms with Crippen molar-refractivity contribution < 1.29 is 24.2 Å². The van der Waals surface area contributed by atoms with Gasteiger partial charge < -0.3 is 14.6 Å². The van der Waals surface area contributed by atoms with E-state index >= 15 is 0 Å². The summed E-state index contributed by atoms with van der Waals surface area (Å²) in [5.41, 5.74) is 5.61. The molecule has 0 fully saturated rings. The molecular formula is C30H32Br2O5Si. The summed E-state index contributed by atoms with van der Waals surface area (Å²) in [6.45, 7) is 10.5. The second-order valence-corrected chi connectivity index (χ2v) is 17.5. The third-order valence-corrected chi connectivity index (χ3v) is 9.39. The number of ketones is 1. The van der Waals surface area contributed by atoms with Gasteiger partial charge in [-0.25, -0.2) is 0 Å². The van der Waals surface area contributed by atoms with Gasteiger partial charge in [-0.2, -0.15) is 0 Å². The van der Waals surface area contributed by atoms with E-state index in [1.807, 2.05) is 32.1 Å². The number of carboxylic acids is 1. The van der Waals surface area contributed by atoms with Crippen LogP contribution in [0.15, 0.2) is 70.7 Å². The van der Waals surface area contributed by atoms with Gasteiger partial charge >= 0.3 is 5.97 Å². The zero-order chi connectivity index (χ0) is 28.3. The second kappa shape index (κ2) is 11.7. The van der Waals surface area contributed by atoms with Crippen LogP contribution in [-0.4, -0.2) is 42.2 Å². The summed E-state index contributed by atoms with van der Waals surface area (Å²) in [5.74, 6) is 0.908. The number of alkyl halides is 1. The van der Waals surface area contributed by atoms with E-state index < -0.39 is 24.2 Å². The minimum absolute atomic E-state index is 0.0861. The zero-order valence-corrected chi connectivity index (χ0v) is 26.6. The molecule has 0 aromatic heterocycles. The summed E-state index contributed by atoms with van der Waals surface area (Å²) < 4.78 is 12.2. The Hall–Kier alpha value is -2.44. The Balaban J connectivity index is 2.07. The number of carboxylic acid groups (broad SMARTS) is 1. The molecule has 0 amide bonds. The Morgan fingerprint density at radius 2 is 1.79 bits per heavy atom. The van der Waals surface area contributed by atoms with Crippen LogP contribution in [0.3, 0.4) is 0 Å². The normalized spacial score (nSPS) is 21.2. The number of para-hydroxylation sites is 1. The number of hydrogen-bond acceptors (Lipinski definition) is 4. The molecule has 5 nitrogen and oxygen atoms in total. The van der Waals surface area contributed by atoms with Gasteiger partial charge in [0.15, 0.2) is 5.78 Å². The largest absolute Gasteiger partial charge is 0.481 e. The van der Waals surface area contributed by atoms with Crippen LogP contribution < -0.4 is 4.74 Å². The van der Waals surface area contributed by atoms with Crippen molar-refractivity contribution in [3.63, 3.8) is 0 Å². The number of ether oxygens (including phenoxy) is 2. The average molecular weight is 660 g/mol. The predicted molar refractivity (Wildman–Crippen MR) is 161 cm³/mol. The molecule has 0 saturated carbocycles. The summed E-state index contributed by atoms with van der Waals surface area (Å²) in [4.78, 5) is 25.2. The standard InChI is InChI=1S/C30H32Br2O5Si/c1-20(2)29(32)19-22(18-27(33)34)17-26(31)30(29,36-3)37-25-13-8-7-12-24(25)28(35)23-11-9-10-21(16-23)14-15-38(4,5)6/h7-13,16-17,19-20H,18H2,1-6H3,(H,33,34). The van der Waals surface area contributed by atoms with E-state index in [1.165, 1.54) is 7.11 Å². The molecule has 38 heavy (non-hydrogen) atoms. The van der Waals surface area contributed by atoms with Gasteiger partial charge in [-0.1, -0.05) is 85.7 Å². The molecule has 1 aliphatic carbocycles. The molecule has 0 aliphatic heterocycles. The number of halogens is 2. The van der Waals surface area contributed by atoms with Crippen LogP contribution in [0.1, 0.15) is 41.8 Å². The first-order valence-corrected chi connectivity index (χ1v) is 17.3. The molecule has 3 rings (SSSR count). The van der Waals surface area contributed by atoms with E-state index in [9.17, 15) is 14.7 Å². The molecule has 2 unspecified atom stereocenters. The average Bonchev–Trinajstić information content (AvgIpc) is 2.84. The number of hydrogen-bond donors (Lipinski definition) is 1. The molecule has 1 aliphatic rings. The minimum Gasteiger partial charge on any atom is -0.481 e. The number of carbonyl (C=O) groups is 2. The van der Waals surface area contributed by atoms with Gasteiger partial charge in [-0.3, -0.25) is 9.59 Å². The number of benzene rings is 2. The van der Waals surface area contributed by atoms with Crippen molar-refractivity contribution in [3.8, 4) is 17.2 Å². The Kier molecular flexibility index (Phi) is 9.31. The van der Waals surface area contributed by atoms with Crippen LogP contribution >= 0.6 is 31.9 Å². The van der Waals surface area contributed by atoms with Gasteiger partial charge in [0, 0.05) is 18.2 Å². The van der Waals surface area contributed by atoms with Crippen LogP contribution in [0.25, 0.3) is 0 Å². The van der Waals surface area contributed by atoms with E-state index in [2.05, 4.69) is 63.0 Å². The predicted octanol–water partition coefficient (Wildman–Crippen LogP) is 7.35. The molecule has 0 saturated heterocycles. The third-order valence-electron chi connectivity index (χ3n) is 6.10. The number of carbonyl (C=O) groups excluding carboxylic acids is 1. The van der Waals surface area contributed by atoms with Crippen molar-refractivity contribution in [3.05, 3.63) is 87.4 Å². The van der Waals surface area contributed by atoms with Gasteiger partial charge in [0.1, 0.15) is 18.1 Å². The Morgan fingerprint density at radius 3 is 2.39 bits per heavy atom. The maximum atomic E-state index is 13.7. The van der Waals surface area contributed by atoms with Gasteiger partial charge in [0.2, 0.25) is 0 Å². The molecule has 0 heterocycles. The van der Waals surface area contributed by atoms with Crippen molar-refractivity contribution in [2.75, 3.05) is 7.11 Å². The van der Waals surface area contributed by atoms with E-state index in [1.54, 1.807) is 42.5 Å². The number of methoxy groups -OCH3 is 1. The summed E-state index contributed by atoms with van der Waals surface area (Å²) in [6.07, 6.45) is 3.37. The maximum Gasteiger partial charge on any atom is 0.307 e. The molecule has 1 N–H and O–H groups in total. The van der Waals surface area contributed by atoms with Crippen LogP contribution in [-0.2, 0) is 9.53 Å². The first-order valence-electron chi connectivity index (χ1n) is 12.2. The number of allylic oxidation sites excluding steroid dienone is 1.